The first-order valence-electron chi connectivity index (χ1n) is 25.2. The minimum absolute atomic E-state index is 0.00635. The molecule has 16 heteroatoms. The number of aromatic nitrogens is 4. The van der Waals surface area contributed by atoms with Crippen LogP contribution in [0, 0.1) is 28.6 Å². The van der Waals surface area contributed by atoms with Crippen molar-refractivity contribution in [3.63, 3.8) is 0 Å². The molecule has 5 aliphatic rings. The molecular weight excluding hydrogens is 907 g/mol. The Hall–Kier alpha value is -6.32. The van der Waals surface area contributed by atoms with E-state index in [2.05, 4.69) is 20.6 Å². The third-order valence-corrected chi connectivity index (χ3v) is 16.7. The Balaban J connectivity index is 0.876. The number of hydrogen-bond donors (Lipinski definition) is 4. The van der Waals surface area contributed by atoms with E-state index in [1.165, 1.54) is 13.2 Å². The number of halogens is 2. The maximum absolute atomic E-state index is 16.8. The minimum Gasteiger partial charge on any atom is -0.453 e. The summed E-state index contributed by atoms with van der Waals surface area (Å²) in [6, 6.07) is 13.8. The molecule has 2 saturated carbocycles. The van der Waals surface area contributed by atoms with Crippen molar-refractivity contribution in [1.82, 2.24) is 40.4 Å². The molecule has 4 N–H and O–H groups in total. The molecule has 6 atom stereocenters. The lowest BCUT2D eigenvalue weighted by molar-refractivity contribution is -0.139. The van der Waals surface area contributed by atoms with Crippen LogP contribution in [0.4, 0.5) is 18.4 Å². The second kappa shape index (κ2) is 17.2. The highest BCUT2D eigenvalue weighted by Crippen LogP contribution is 2.59. The summed E-state index contributed by atoms with van der Waals surface area (Å²) < 4.78 is 44.2. The van der Waals surface area contributed by atoms with Crippen LogP contribution in [0.2, 0.25) is 0 Å². The number of alkyl carbamates (subject to hydrolysis) is 2. The van der Waals surface area contributed by atoms with E-state index in [0.717, 1.165) is 49.6 Å². The molecule has 10 rings (SSSR count). The number of rotatable bonds is 11. The van der Waals surface area contributed by atoms with Gasteiger partial charge in [-0.1, -0.05) is 78.8 Å². The number of aromatic amines is 2. The number of alkyl halides is 2. The van der Waals surface area contributed by atoms with E-state index >= 15 is 8.78 Å². The zero-order valence-electron chi connectivity index (χ0n) is 42.3. The second-order valence-electron chi connectivity index (χ2n) is 23.1. The van der Waals surface area contributed by atoms with Crippen molar-refractivity contribution in [1.29, 1.82) is 0 Å². The summed E-state index contributed by atoms with van der Waals surface area (Å²) in [5, 5.41) is 5.62. The Morgan fingerprint density at radius 2 is 1.41 bits per heavy atom. The zero-order chi connectivity index (χ0) is 50.7. The summed E-state index contributed by atoms with van der Waals surface area (Å²) in [6.45, 7) is 17.9. The van der Waals surface area contributed by atoms with E-state index in [9.17, 15) is 19.2 Å². The summed E-state index contributed by atoms with van der Waals surface area (Å²) in [7, 11) is 1.27. The van der Waals surface area contributed by atoms with Gasteiger partial charge in [0.25, 0.3) is 5.92 Å². The number of hydrogen-bond acceptors (Lipinski definition) is 8. The molecule has 4 heterocycles. The van der Waals surface area contributed by atoms with Gasteiger partial charge in [0.1, 0.15) is 29.3 Å². The molecule has 2 aliphatic heterocycles. The largest absolute Gasteiger partial charge is 0.453 e. The van der Waals surface area contributed by atoms with E-state index < -0.39 is 35.8 Å². The van der Waals surface area contributed by atoms with Gasteiger partial charge in [-0.15, -0.1) is 0 Å². The van der Waals surface area contributed by atoms with Gasteiger partial charge in [0.15, 0.2) is 0 Å². The quantitative estimate of drug-likeness (QED) is 0.101. The summed E-state index contributed by atoms with van der Waals surface area (Å²) in [6.07, 6.45) is 5.74. The molecule has 2 aromatic heterocycles. The molecule has 3 aromatic carbocycles. The lowest BCUT2D eigenvalue weighted by Gasteiger charge is -2.40. The molecule has 71 heavy (non-hydrogen) atoms. The summed E-state index contributed by atoms with van der Waals surface area (Å²) in [5.74, 6) is -2.60. The standard InChI is InChI=1S/C55H66F2N8O6/c1-28(2)43(62-50(68)70-10)48(66)64-27-54(19-20-54)25-42(64)46-58-26-41(61-46)32-13-17-36-35-16-12-30(22-37(35)55(56,57)38(36)23-32)31-14-18-39-40(24-31)60-47(59-39)45-33-11-15-34(21-33)65(45)49(67)44(29(3)4)63-51(69)71-53(8,9)52(5,6)7/h12-14,16-18,22-24,26,28-29,33-34,42-45H,11,15,19-21,25,27H2,1-10H3,(H,58,61)(H,59,60)(H,62,68)(H,63,69)/t33-,34+,42-,43-,44-,45?/m0/s1. The average Bonchev–Trinajstić information content (AvgIpc) is 3.98. The Morgan fingerprint density at radius 3 is 2.06 bits per heavy atom. The van der Waals surface area contributed by atoms with E-state index in [1.807, 2.05) is 97.5 Å². The summed E-state index contributed by atoms with van der Waals surface area (Å²) in [5.41, 5.74) is 3.57. The fourth-order valence-electron chi connectivity index (χ4n) is 11.4. The van der Waals surface area contributed by atoms with E-state index in [4.69, 9.17) is 19.4 Å². The Labute approximate surface area is 413 Å². The number of H-pyrrole nitrogens is 2. The van der Waals surface area contributed by atoms with E-state index in [0.29, 0.717) is 51.7 Å². The number of benzene rings is 3. The van der Waals surface area contributed by atoms with Crippen molar-refractivity contribution in [3.8, 4) is 33.5 Å². The average molecular weight is 973 g/mol. The highest BCUT2D eigenvalue weighted by molar-refractivity contribution is 5.89. The Kier molecular flexibility index (Phi) is 11.7. The number of imidazole rings is 2. The monoisotopic (exact) mass is 973 g/mol. The first kappa shape index (κ1) is 48.3. The number of amides is 4. The summed E-state index contributed by atoms with van der Waals surface area (Å²) in [4.78, 5) is 74.4. The third-order valence-electron chi connectivity index (χ3n) is 16.7. The normalized spacial score (nSPS) is 22.5. The van der Waals surface area contributed by atoms with Gasteiger partial charge in [-0.25, -0.2) is 19.6 Å². The van der Waals surface area contributed by atoms with Crippen LogP contribution in [-0.2, 0) is 25.0 Å². The van der Waals surface area contributed by atoms with Crippen LogP contribution in [0.25, 0.3) is 44.5 Å². The lowest BCUT2D eigenvalue weighted by atomic mass is 9.79. The van der Waals surface area contributed by atoms with Crippen LogP contribution >= 0.6 is 0 Å². The van der Waals surface area contributed by atoms with Gasteiger partial charge >= 0.3 is 12.2 Å². The predicted molar refractivity (Wildman–Crippen MR) is 265 cm³/mol. The molecule has 2 bridgehead atoms. The highest BCUT2D eigenvalue weighted by atomic mass is 19.3. The number of methoxy groups -OCH3 is 1. The van der Waals surface area contributed by atoms with Crippen LogP contribution in [0.15, 0.2) is 60.8 Å². The number of nitrogens with zero attached hydrogens (tertiary/aromatic N) is 4. The second-order valence-corrected chi connectivity index (χ2v) is 23.1. The van der Waals surface area contributed by atoms with Crippen LogP contribution in [0.5, 0.6) is 0 Å². The molecule has 3 aliphatic carbocycles. The van der Waals surface area contributed by atoms with E-state index in [-0.39, 0.29) is 69.7 Å². The van der Waals surface area contributed by atoms with Gasteiger partial charge in [0.05, 0.1) is 42.1 Å². The number of piperidine rings is 1. The molecule has 4 fully saturated rings. The van der Waals surface area contributed by atoms with Gasteiger partial charge in [-0.2, -0.15) is 8.78 Å². The number of nitrogens with one attached hydrogen (secondary N) is 4. The van der Waals surface area contributed by atoms with E-state index in [1.54, 1.807) is 29.3 Å². The van der Waals surface area contributed by atoms with Gasteiger partial charge in [-0.3, -0.25) is 9.59 Å². The molecule has 1 spiro atoms. The van der Waals surface area contributed by atoms with Gasteiger partial charge in [-0.05, 0) is 122 Å². The number of ether oxygens (including phenoxy) is 2. The molecule has 14 nitrogen and oxygen atoms in total. The van der Waals surface area contributed by atoms with Crippen LogP contribution < -0.4 is 10.6 Å². The van der Waals surface area contributed by atoms with Gasteiger partial charge in [0.2, 0.25) is 11.8 Å². The predicted octanol–water partition coefficient (Wildman–Crippen LogP) is 10.8. The zero-order valence-corrected chi connectivity index (χ0v) is 42.3. The fourth-order valence-corrected chi connectivity index (χ4v) is 11.4. The first-order chi connectivity index (χ1) is 33.5. The third kappa shape index (κ3) is 8.41. The van der Waals surface area contributed by atoms with Crippen molar-refractivity contribution in [2.45, 2.75) is 143 Å². The number of likely N-dealkylation sites (tertiary alicyclic amines) is 2. The Morgan fingerprint density at radius 1 is 0.789 bits per heavy atom. The smallest absolute Gasteiger partial charge is 0.408 e. The number of carbonyl (C=O) groups is 4. The fraction of sp³-hybridized carbons (Fsp3) is 0.527. The molecule has 4 amide bonds. The van der Waals surface area contributed by atoms with Crippen LogP contribution in [0.1, 0.15) is 136 Å². The molecule has 0 radical (unpaired) electrons. The summed E-state index contributed by atoms with van der Waals surface area (Å²) >= 11 is 0. The van der Waals surface area contributed by atoms with Crippen molar-refractivity contribution < 1.29 is 37.4 Å². The van der Waals surface area contributed by atoms with Gasteiger partial charge < -0.3 is 39.9 Å². The molecule has 5 aromatic rings. The van der Waals surface area contributed by atoms with Crippen LogP contribution in [0.3, 0.4) is 0 Å². The molecule has 1 unspecified atom stereocenters. The highest BCUT2D eigenvalue weighted by Gasteiger charge is 2.56. The first-order valence-corrected chi connectivity index (χ1v) is 25.2. The number of carbonyl (C=O) groups excluding carboxylic acids is 4. The molecular formula is C55H66F2N8O6. The lowest BCUT2D eigenvalue weighted by Crippen LogP contribution is -2.55. The van der Waals surface area contributed by atoms with Gasteiger partial charge in [0, 0.05) is 34.7 Å². The minimum atomic E-state index is -3.30. The maximum Gasteiger partial charge on any atom is 0.408 e. The van der Waals surface area contributed by atoms with Crippen LogP contribution in [-0.4, -0.2) is 91.1 Å². The van der Waals surface area contributed by atoms with Crippen molar-refractivity contribution in [2.75, 3.05) is 13.7 Å². The maximum atomic E-state index is 16.8. The molecule has 376 valence electrons. The number of fused-ring (bicyclic) bond motifs is 6. The molecule has 2 saturated heterocycles. The topological polar surface area (TPSA) is 175 Å². The van der Waals surface area contributed by atoms with Crippen molar-refractivity contribution in [3.05, 3.63) is 83.6 Å². The van der Waals surface area contributed by atoms with Crippen molar-refractivity contribution in [2.24, 2.45) is 28.6 Å². The SMILES string of the molecule is COC(=O)N[C@H](C(=O)N1CC2(CC2)C[C@H]1c1ncc(-c2ccc3c(c2)C(F)(F)c2cc(-c4ccc5nc(C6[C@H]7CC[C@H](C7)N6C(=O)[C@@H](NC(=O)OC(C)(C)C(C)(C)C)C(C)C)[nH]c5c4)ccc2-3)[nH]1)C(C)C. The Bertz CT molecular complexity index is 2950. The van der Waals surface area contributed by atoms with Crippen molar-refractivity contribution >= 4 is 35.0 Å².